The third-order valence-electron chi connectivity index (χ3n) is 3.95. The molecular weight excluding hydrogens is 328 g/mol. The zero-order chi connectivity index (χ0) is 17.6. The van der Waals surface area contributed by atoms with Gasteiger partial charge in [0.05, 0.1) is 11.3 Å². The van der Waals surface area contributed by atoms with Crippen molar-refractivity contribution in [2.24, 2.45) is 5.92 Å². The number of rotatable bonds is 7. The Morgan fingerprint density at radius 1 is 1.16 bits per heavy atom. The number of benzene rings is 2. The Morgan fingerprint density at radius 2 is 1.88 bits per heavy atom. The summed E-state index contributed by atoms with van der Waals surface area (Å²) >= 11 is 0. The SMILES string of the molecule is O=C(NCC1CNC1)c1ccccc1Nc1ccc(OC(F)F)cc1. The molecule has 0 unspecified atom stereocenters. The third-order valence-corrected chi connectivity index (χ3v) is 3.95. The molecule has 3 rings (SSSR count). The summed E-state index contributed by atoms with van der Waals surface area (Å²) in [5.74, 6) is 0.416. The fourth-order valence-corrected chi connectivity index (χ4v) is 2.49. The van der Waals surface area contributed by atoms with Gasteiger partial charge in [0.25, 0.3) is 5.91 Å². The van der Waals surface area contributed by atoms with Gasteiger partial charge in [0.2, 0.25) is 0 Å². The molecule has 2 aromatic rings. The van der Waals surface area contributed by atoms with Gasteiger partial charge in [0.1, 0.15) is 5.75 Å². The Labute approximate surface area is 144 Å². The number of anilines is 2. The highest BCUT2D eigenvalue weighted by atomic mass is 19.3. The fourth-order valence-electron chi connectivity index (χ4n) is 2.49. The van der Waals surface area contributed by atoms with Crippen LogP contribution in [-0.4, -0.2) is 32.2 Å². The highest BCUT2D eigenvalue weighted by molar-refractivity contribution is 6.00. The Bertz CT molecular complexity index is 719. The van der Waals surface area contributed by atoms with Crippen LogP contribution in [0.4, 0.5) is 20.2 Å². The smallest absolute Gasteiger partial charge is 0.387 e. The Kier molecular flexibility index (Phi) is 5.45. The molecule has 1 fully saturated rings. The number of hydrogen-bond acceptors (Lipinski definition) is 4. The van der Waals surface area contributed by atoms with Crippen LogP contribution in [-0.2, 0) is 0 Å². The molecule has 0 spiro atoms. The third kappa shape index (κ3) is 4.67. The minimum atomic E-state index is -2.85. The van der Waals surface area contributed by atoms with E-state index in [1.807, 2.05) is 6.07 Å². The zero-order valence-corrected chi connectivity index (χ0v) is 13.5. The van der Waals surface area contributed by atoms with Crippen molar-refractivity contribution in [1.82, 2.24) is 10.6 Å². The second kappa shape index (κ2) is 7.94. The minimum absolute atomic E-state index is 0.0840. The van der Waals surface area contributed by atoms with E-state index in [1.165, 1.54) is 12.1 Å². The molecule has 0 saturated carbocycles. The largest absolute Gasteiger partial charge is 0.435 e. The van der Waals surface area contributed by atoms with Gasteiger partial charge in [0.15, 0.2) is 0 Å². The first-order valence-electron chi connectivity index (χ1n) is 8.01. The summed E-state index contributed by atoms with van der Waals surface area (Å²) in [4.78, 5) is 12.4. The number of halogens is 2. The van der Waals surface area contributed by atoms with Gasteiger partial charge >= 0.3 is 6.61 Å². The van der Waals surface area contributed by atoms with Crippen molar-refractivity contribution in [1.29, 1.82) is 0 Å². The van der Waals surface area contributed by atoms with Crippen LogP contribution in [0.3, 0.4) is 0 Å². The molecule has 25 heavy (non-hydrogen) atoms. The predicted octanol–water partition coefficient (Wildman–Crippen LogP) is 2.98. The van der Waals surface area contributed by atoms with Gasteiger partial charge in [-0.15, -0.1) is 0 Å². The number of nitrogens with one attached hydrogen (secondary N) is 3. The fraction of sp³-hybridized carbons (Fsp3) is 0.278. The second-order valence-corrected chi connectivity index (χ2v) is 5.81. The molecular formula is C18H19F2N3O2. The molecule has 0 radical (unpaired) electrons. The maximum atomic E-state index is 12.4. The van der Waals surface area contributed by atoms with Crippen molar-refractivity contribution in [3.8, 4) is 5.75 Å². The van der Waals surface area contributed by atoms with Crippen LogP contribution < -0.4 is 20.7 Å². The average Bonchev–Trinajstić information content (AvgIpc) is 2.55. The topological polar surface area (TPSA) is 62.4 Å². The summed E-state index contributed by atoms with van der Waals surface area (Å²) in [5.41, 5.74) is 1.85. The lowest BCUT2D eigenvalue weighted by Gasteiger charge is -2.27. The van der Waals surface area contributed by atoms with Gasteiger partial charge < -0.3 is 20.7 Å². The molecule has 132 valence electrons. The van der Waals surface area contributed by atoms with Crippen molar-refractivity contribution in [3.05, 3.63) is 54.1 Å². The molecule has 1 aliphatic heterocycles. The first kappa shape index (κ1) is 17.2. The summed E-state index contributed by atoms with van der Waals surface area (Å²) in [6, 6.07) is 13.3. The number of amides is 1. The Morgan fingerprint density at radius 3 is 2.52 bits per heavy atom. The van der Waals surface area contributed by atoms with Crippen LogP contribution in [0.25, 0.3) is 0 Å². The molecule has 1 saturated heterocycles. The number of carbonyl (C=O) groups is 1. The number of para-hydroxylation sites is 1. The van der Waals surface area contributed by atoms with Crippen LogP contribution in [0, 0.1) is 5.92 Å². The molecule has 1 heterocycles. The van der Waals surface area contributed by atoms with Crippen molar-refractivity contribution in [3.63, 3.8) is 0 Å². The molecule has 3 N–H and O–H groups in total. The first-order chi connectivity index (χ1) is 12.1. The maximum absolute atomic E-state index is 12.4. The summed E-state index contributed by atoms with van der Waals surface area (Å²) in [5, 5.41) is 9.23. The summed E-state index contributed by atoms with van der Waals surface area (Å²) in [7, 11) is 0. The zero-order valence-electron chi connectivity index (χ0n) is 13.5. The van der Waals surface area contributed by atoms with Crippen LogP contribution in [0.1, 0.15) is 10.4 Å². The lowest BCUT2D eigenvalue weighted by molar-refractivity contribution is -0.0498. The number of ether oxygens (including phenoxy) is 1. The van der Waals surface area contributed by atoms with E-state index in [9.17, 15) is 13.6 Å². The van der Waals surface area contributed by atoms with Gasteiger partial charge in [-0.2, -0.15) is 8.78 Å². The van der Waals surface area contributed by atoms with E-state index in [4.69, 9.17) is 0 Å². The molecule has 2 aromatic carbocycles. The van der Waals surface area contributed by atoms with Crippen LogP contribution >= 0.6 is 0 Å². The van der Waals surface area contributed by atoms with Gasteiger partial charge in [-0.05, 0) is 36.4 Å². The highest BCUT2D eigenvalue weighted by Gasteiger charge is 2.18. The van der Waals surface area contributed by atoms with Crippen LogP contribution in [0.15, 0.2) is 48.5 Å². The van der Waals surface area contributed by atoms with E-state index < -0.39 is 6.61 Å². The van der Waals surface area contributed by atoms with E-state index in [1.54, 1.807) is 30.3 Å². The Balaban J connectivity index is 1.66. The normalized spacial score (nSPS) is 14.0. The number of hydrogen-bond donors (Lipinski definition) is 3. The summed E-state index contributed by atoms with van der Waals surface area (Å²) < 4.78 is 28.7. The lowest BCUT2D eigenvalue weighted by atomic mass is 10.0. The van der Waals surface area contributed by atoms with Gasteiger partial charge in [-0.3, -0.25) is 4.79 Å². The van der Waals surface area contributed by atoms with Gasteiger partial charge in [0, 0.05) is 31.2 Å². The summed E-state index contributed by atoms with van der Waals surface area (Å²) in [6.07, 6.45) is 0. The number of alkyl halides is 2. The van der Waals surface area contributed by atoms with E-state index >= 15 is 0 Å². The monoisotopic (exact) mass is 347 g/mol. The molecule has 0 atom stereocenters. The highest BCUT2D eigenvalue weighted by Crippen LogP contribution is 2.23. The van der Waals surface area contributed by atoms with Gasteiger partial charge in [-0.1, -0.05) is 12.1 Å². The molecule has 0 aromatic heterocycles. The van der Waals surface area contributed by atoms with E-state index in [0.29, 0.717) is 29.4 Å². The number of carbonyl (C=O) groups excluding carboxylic acids is 1. The van der Waals surface area contributed by atoms with Crippen molar-refractivity contribution in [2.75, 3.05) is 25.0 Å². The lowest BCUT2D eigenvalue weighted by Crippen LogP contribution is -2.48. The van der Waals surface area contributed by atoms with Crippen LogP contribution in [0.2, 0.25) is 0 Å². The first-order valence-corrected chi connectivity index (χ1v) is 8.01. The predicted molar refractivity (Wildman–Crippen MR) is 91.5 cm³/mol. The van der Waals surface area contributed by atoms with Crippen molar-refractivity contribution >= 4 is 17.3 Å². The summed E-state index contributed by atoms with van der Waals surface area (Å²) in [6.45, 7) is -0.366. The molecule has 1 amide bonds. The van der Waals surface area contributed by atoms with E-state index in [0.717, 1.165) is 13.1 Å². The quantitative estimate of drug-likeness (QED) is 0.721. The van der Waals surface area contributed by atoms with E-state index in [-0.39, 0.29) is 11.7 Å². The van der Waals surface area contributed by atoms with Crippen LogP contribution in [0.5, 0.6) is 5.75 Å². The molecule has 7 heteroatoms. The van der Waals surface area contributed by atoms with Crippen molar-refractivity contribution < 1.29 is 18.3 Å². The molecule has 0 aliphatic carbocycles. The standard InChI is InChI=1S/C18H19F2N3O2/c19-18(20)25-14-7-5-13(6-8-14)23-16-4-2-1-3-15(16)17(24)22-11-12-9-21-10-12/h1-8,12,18,21,23H,9-11H2,(H,22,24). The van der Waals surface area contributed by atoms with Gasteiger partial charge in [-0.25, -0.2) is 0 Å². The molecule has 0 bridgehead atoms. The molecule has 5 nitrogen and oxygen atoms in total. The second-order valence-electron chi connectivity index (χ2n) is 5.81. The van der Waals surface area contributed by atoms with Crippen molar-refractivity contribution in [2.45, 2.75) is 6.61 Å². The average molecular weight is 347 g/mol. The Hall–Kier alpha value is -2.67. The minimum Gasteiger partial charge on any atom is -0.435 e. The maximum Gasteiger partial charge on any atom is 0.387 e. The van der Waals surface area contributed by atoms with E-state index in [2.05, 4.69) is 20.7 Å². The molecule has 1 aliphatic rings.